The maximum atomic E-state index is 14.6. The number of guanidine groups is 2. The summed E-state index contributed by atoms with van der Waals surface area (Å²) in [5.74, 6) is -5.30. The minimum Gasteiger partial charge on any atom is -0.480 e. The molecule has 1 aliphatic rings. The van der Waals surface area contributed by atoms with E-state index >= 15 is 0 Å². The van der Waals surface area contributed by atoms with Crippen molar-refractivity contribution < 1.29 is 43.4 Å². The second kappa shape index (κ2) is 25.9. The quantitative estimate of drug-likeness (QED) is 0.0374. The lowest BCUT2D eigenvalue weighted by molar-refractivity contribution is -0.143. The lowest BCUT2D eigenvalue weighted by Gasteiger charge is -2.31. The van der Waals surface area contributed by atoms with E-state index in [0.717, 1.165) is 10.9 Å². The molecule has 0 spiro atoms. The van der Waals surface area contributed by atoms with E-state index in [2.05, 4.69) is 41.6 Å². The number of likely N-dealkylation sites (tertiary alicyclic amines) is 1. The molecule has 0 radical (unpaired) electrons. The van der Waals surface area contributed by atoms with Gasteiger partial charge in [-0.2, -0.15) is 0 Å². The van der Waals surface area contributed by atoms with Crippen molar-refractivity contribution in [2.75, 3.05) is 19.6 Å². The average molecular weight is 940 g/mol. The maximum Gasteiger partial charge on any atom is 0.408 e. The molecule has 372 valence electrons. The molecule has 0 saturated carbocycles. The third kappa shape index (κ3) is 18.0. The number of ether oxygens (including phenoxy) is 1. The number of benzene rings is 1. The first-order valence-electron chi connectivity index (χ1n) is 22.9. The zero-order valence-corrected chi connectivity index (χ0v) is 39.9. The smallest absolute Gasteiger partial charge is 0.408 e. The summed E-state index contributed by atoms with van der Waals surface area (Å²) in [6.07, 6.45) is 2.77. The number of amides is 6. The van der Waals surface area contributed by atoms with Crippen LogP contribution in [0.4, 0.5) is 4.79 Å². The first-order valence-corrected chi connectivity index (χ1v) is 22.9. The molecule has 2 aromatic rings. The van der Waals surface area contributed by atoms with Gasteiger partial charge >= 0.3 is 12.1 Å². The van der Waals surface area contributed by atoms with Crippen molar-refractivity contribution in [2.45, 2.75) is 148 Å². The van der Waals surface area contributed by atoms with E-state index in [-0.39, 0.29) is 82.4 Å². The fourth-order valence-electron chi connectivity index (χ4n) is 7.67. The number of para-hydroxylation sites is 1. The van der Waals surface area contributed by atoms with Crippen molar-refractivity contribution in [1.29, 1.82) is 0 Å². The molecule has 0 bridgehead atoms. The fourth-order valence-corrected chi connectivity index (χ4v) is 7.67. The van der Waals surface area contributed by atoms with Crippen molar-refractivity contribution in [1.82, 2.24) is 36.5 Å². The van der Waals surface area contributed by atoms with E-state index in [0.29, 0.717) is 18.4 Å². The van der Waals surface area contributed by atoms with E-state index in [4.69, 9.17) is 27.7 Å². The average Bonchev–Trinajstić information content (AvgIpc) is 3.90. The van der Waals surface area contributed by atoms with Gasteiger partial charge in [0.25, 0.3) is 0 Å². The number of carboxylic acids is 1. The number of nitrogens with two attached hydrogens (primary N) is 4. The standard InChI is InChI=1S/C45H73N13O9/c1-8-26(4)35(39(62)55-33(41(64)65)22-25(2)3)57-37(60)32(23-27-24-52-29-15-10-9-14-28(27)29)54-38(61)34-18-13-21-58(34)40(63)31(17-12-20-51-43(48)49)53-36(59)30(16-11-19-50-42(46)47)56-44(66)67-45(5,6)7/h9-10,14-15,24-26,30-35,52H,8,11-13,16-23H2,1-7H3,(H,53,59)(H,54,61)(H,55,62)(H,56,66)(H,57,60)(H,64,65)(H4,46,47,50)(H4,48,49,51)/t26-,30-,31-,32-,33-,34-,35-/m0/s1. The van der Waals surface area contributed by atoms with Gasteiger partial charge in [-0.05, 0) is 89.2 Å². The van der Waals surface area contributed by atoms with Crippen LogP contribution >= 0.6 is 0 Å². The number of hydrogen-bond acceptors (Lipinski definition) is 10. The van der Waals surface area contributed by atoms with Crippen molar-refractivity contribution in [3.05, 3.63) is 36.0 Å². The van der Waals surface area contributed by atoms with Gasteiger partial charge in [0.1, 0.15) is 41.9 Å². The molecule has 1 aromatic carbocycles. The van der Waals surface area contributed by atoms with Crippen LogP contribution in [0, 0.1) is 11.8 Å². The Kier molecular flexibility index (Phi) is 21.2. The molecule has 15 N–H and O–H groups in total. The summed E-state index contributed by atoms with van der Waals surface area (Å²) in [5, 5.41) is 24.3. The number of alkyl carbamates (subject to hydrolysis) is 1. The molecule has 22 heteroatoms. The predicted molar refractivity (Wildman–Crippen MR) is 254 cm³/mol. The van der Waals surface area contributed by atoms with Crippen LogP contribution in [0.3, 0.4) is 0 Å². The lowest BCUT2D eigenvalue weighted by Crippen LogP contribution is -2.60. The first kappa shape index (κ1) is 54.7. The Labute approximate surface area is 392 Å². The van der Waals surface area contributed by atoms with Crippen LogP contribution in [0.5, 0.6) is 0 Å². The molecule has 7 atom stereocenters. The molecule has 0 aliphatic carbocycles. The number of H-pyrrole nitrogens is 1. The topological polar surface area (TPSA) is 357 Å². The van der Waals surface area contributed by atoms with E-state index in [1.165, 1.54) is 4.90 Å². The number of fused-ring (bicyclic) bond motifs is 1. The first-order chi connectivity index (χ1) is 31.5. The highest BCUT2D eigenvalue weighted by Crippen LogP contribution is 2.23. The van der Waals surface area contributed by atoms with Gasteiger partial charge in [-0.15, -0.1) is 0 Å². The Morgan fingerprint density at radius 2 is 1.42 bits per heavy atom. The molecule has 1 aliphatic heterocycles. The summed E-state index contributed by atoms with van der Waals surface area (Å²) in [6, 6.07) is 0.363. The van der Waals surface area contributed by atoms with Crippen LogP contribution < -0.4 is 49.5 Å². The number of carboxylic acid groups (broad SMARTS) is 1. The number of hydrogen-bond donors (Lipinski definition) is 11. The lowest BCUT2D eigenvalue weighted by atomic mass is 9.96. The molecular weight excluding hydrogens is 867 g/mol. The second-order valence-electron chi connectivity index (χ2n) is 18.4. The van der Waals surface area contributed by atoms with Gasteiger partial charge in [0.2, 0.25) is 29.5 Å². The number of carbonyl (C=O) groups is 7. The molecule has 22 nitrogen and oxygen atoms in total. The molecule has 67 heavy (non-hydrogen) atoms. The Morgan fingerprint density at radius 3 is 2.00 bits per heavy atom. The summed E-state index contributed by atoms with van der Waals surface area (Å²) < 4.78 is 5.40. The van der Waals surface area contributed by atoms with Crippen molar-refractivity contribution in [2.24, 2.45) is 44.8 Å². The molecular formula is C45H73N13O9. The molecule has 0 unspecified atom stereocenters. The van der Waals surface area contributed by atoms with Gasteiger partial charge in [-0.1, -0.05) is 52.3 Å². The Hall–Kier alpha value is -6.61. The molecule has 1 aromatic heterocycles. The number of nitrogens with one attached hydrogen (secondary N) is 6. The largest absolute Gasteiger partial charge is 0.480 e. The van der Waals surface area contributed by atoms with E-state index in [1.54, 1.807) is 33.9 Å². The van der Waals surface area contributed by atoms with Gasteiger partial charge in [0.15, 0.2) is 11.9 Å². The molecule has 1 fully saturated rings. The van der Waals surface area contributed by atoms with Gasteiger partial charge < -0.3 is 69.2 Å². The van der Waals surface area contributed by atoms with E-state index < -0.39 is 89.4 Å². The van der Waals surface area contributed by atoms with Crippen LogP contribution in [0.25, 0.3) is 10.9 Å². The summed E-state index contributed by atoms with van der Waals surface area (Å²) in [5.41, 5.74) is 22.6. The van der Waals surface area contributed by atoms with Gasteiger partial charge in [-0.3, -0.25) is 34.0 Å². The zero-order valence-electron chi connectivity index (χ0n) is 39.9. The van der Waals surface area contributed by atoms with Crippen LogP contribution in [0.2, 0.25) is 0 Å². The third-order valence-corrected chi connectivity index (χ3v) is 11.2. The van der Waals surface area contributed by atoms with Crippen LogP contribution in [-0.4, -0.2) is 130 Å². The summed E-state index contributed by atoms with van der Waals surface area (Å²) in [6.45, 7) is 12.7. The second-order valence-corrected chi connectivity index (χ2v) is 18.4. The SMILES string of the molecule is CC[C@H](C)[C@H](NC(=O)[C@H](Cc1c[nH]c2ccccc12)NC(=O)[C@@H]1CCCN1C(=O)[C@H](CCCN=C(N)N)NC(=O)[C@H](CCCN=C(N)N)NC(=O)OC(C)(C)C)C(=O)N[C@@H](CC(C)C)C(=O)O. The number of carbonyl (C=O) groups excluding carboxylic acids is 6. The normalized spacial score (nSPS) is 16.4. The maximum absolute atomic E-state index is 14.6. The van der Waals surface area contributed by atoms with Gasteiger partial charge in [0, 0.05) is 43.2 Å². The molecule has 2 heterocycles. The Bertz CT molecular complexity index is 2070. The summed E-state index contributed by atoms with van der Waals surface area (Å²) in [4.78, 5) is 109. The molecule has 3 rings (SSSR count). The summed E-state index contributed by atoms with van der Waals surface area (Å²) in [7, 11) is 0. The van der Waals surface area contributed by atoms with E-state index in [9.17, 15) is 38.7 Å². The number of aliphatic carboxylic acids is 1. The van der Waals surface area contributed by atoms with Gasteiger partial charge in [-0.25, -0.2) is 9.59 Å². The Morgan fingerprint density at radius 1 is 0.821 bits per heavy atom. The number of aromatic nitrogens is 1. The minimum absolute atomic E-state index is 0.0130. The van der Waals surface area contributed by atoms with Crippen LogP contribution in [-0.2, 0) is 39.9 Å². The highest BCUT2D eigenvalue weighted by Gasteiger charge is 2.40. The number of nitrogens with zero attached hydrogens (tertiary/aromatic N) is 3. The minimum atomic E-state index is -1.26. The van der Waals surface area contributed by atoms with Crippen LogP contribution in [0.15, 0.2) is 40.4 Å². The monoisotopic (exact) mass is 940 g/mol. The van der Waals surface area contributed by atoms with Gasteiger partial charge in [0.05, 0.1) is 0 Å². The van der Waals surface area contributed by atoms with Crippen molar-refractivity contribution in [3.63, 3.8) is 0 Å². The number of aromatic amines is 1. The van der Waals surface area contributed by atoms with Crippen LogP contribution in [0.1, 0.15) is 105 Å². The highest BCUT2D eigenvalue weighted by molar-refractivity contribution is 5.97. The molecule has 1 saturated heterocycles. The highest BCUT2D eigenvalue weighted by atomic mass is 16.6. The fraction of sp³-hybridized carbons (Fsp3) is 0.622. The van der Waals surface area contributed by atoms with Crippen molar-refractivity contribution in [3.8, 4) is 0 Å². The Balaban J connectivity index is 1.95. The summed E-state index contributed by atoms with van der Waals surface area (Å²) >= 11 is 0. The molecule has 6 amide bonds. The third-order valence-electron chi connectivity index (χ3n) is 11.2. The van der Waals surface area contributed by atoms with Crippen molar-refractivity contribution >= 4 is 64.4 Å². The predicted octanol–water partition coefficient (Wildman–Crippen LogP) is 0.818. The zero-order chi connectivity index (χ0) is 50.0. The number of rotatable bonds is 25. The van der Waals surface area contributed by atoms with E-state index in [1.807, 2.05) is 45.0 Å². The number of aliphatic imine (C=N–C) groups is 2.